The summed E-state index contributed by atoms with van der Waals surface area (Å²) in [4.78, 5) is 28.4. The highest BCUT2D eigenvalue weighted by molar-refractivity contribution is 6.32. The van der Waals surface area contributed by atoms with E-state index in [1.54, 1.807) is 36.4 Å². The van der Waals surface area contributed by atoms with Gasteiger partial charge in [0.1, 0.15) is 10.6 Å². The van der Waals surface area contributed by atoms with E-state index < -0.39 is 10.5 Å². The van der Waals surface area contributed by atoms with E-state index in [0.29, 0.717) is 27.8 Å². The first-order valence-corrected chi connectivity index (χ1v) is 9.88. The Labute approximate surface area is 185 Å². The molecule has 0 saturated carbocycles. The summed E-state index contributed by atoms with van der Waals surface area (Å²) in [6.45, 7) is 0. The minimum atomic E-state index is -0.580. The van der Waals surface area contributed by atoms with Crippen LogP contribution in [-0.4, -0.2) is 20.8 Å². The summed E-state index contributed by atoms with van der Waals surface area (Å²) in [6.07, 6.45) is 1.34. The van der Waals surface area contributed by atoms with Crippen LogP contribution in [0.2, 0.25) is 5.02 Å². The van der Waals surface area contributed by atoms with Gasteiger partial charge in [0.05, 0.1) is 22.0 Å². The van der Waals surface area contributed by atoms with Gasteiger partial charge in [0.2, 0.25) is 5.82 Å². The Hall–Kier alpha value is -4.30. The van der Waals surface area contributed by atoms with Crippen LogP contribution in [0.1, 0.15) is 5.56 Å². The molecule has 0 bridgehead atoms. The molecule has 0 fully saturated rings. The number of halogens is 1. The highest BCUT2D eigenvalue weighted by Gasteiger charge is 2.17. The van der Waals surface area contributed by atoms with Gasteiger partial charge in [0, 0.05) is 17.0 Å². The summed E-state index contributed by atoms with van der Waals surface area (Å²) in [5, 5.41) is 16.7. The Morgan fingerprint density at radius 3 is 2.66 bits per heavy atom. The molecule has 0 amide bonds. The zero-order valence-electron chi connectivity index (χ0n) is 16.3. The summed E-state index contributed by atoms with van der Waals surface area (Å²) in [5.41, 5.74) is 0.898. The van der Waals surface area contributed by atoms with E-state index in [1.807, 2.05) is 24.3 Å². The molecule has 0 atom stereocenters. The van der Waals surface area contributed by atoms with Crippen molar-refractivity contribution >= 4 is 45.4 Å². The third-order valence-corrected chi connectivity index (χ3v) is 5.21. The van der Waals surface area contributed by atoms with Crippen LogP contribution in [0.15, 0.2) is 87.1 Å². The normalized spacial score (nSPS) is 11.5. The molecule has 32 heavy (non-hydrogen) atoms. The van der Waals surface area contributed by atoms with Crippen molar-refractivity contribution in [3.8, 4) is 11.6 Å². The zero-order valence-corrected chi connectivity index (χ0v) is 17.1. The van der Waals surface area contributed by atoms with Gasteiger partial charge in [-0.25, -0.2) is 4.98 Å². The van der Waals surface area contributed by atoms with Crippen molar-refractivity contribution in [1.29, 1.82) is 0 Å². The lowest BCUT2D eigenvalue weighted by atomic mass is 10.2. The molecule has 156 valence electrons. The van der Waals surface area contributed by atoms with Gasteiger partial charge in [-0.05, 0) is 30.3 Å². The number of nitro benzene ring substituents is 1. The maximum absolute atomic E-state index is 13.2. The van der Waals surface area contributed by atoms with Gasteiger partial charge in [-0.15, -0.1) is 0 Å². The molecule has 5 aromatic rings. The monoisotopic (exact) mass is 444 g/mol. The quantitative estimate of drug-likeness (QED) is 0.214. The largest absolute Gasteiger partial charge is 0.453 e. The van der Waals surface area contributed by atoms with Crippen molar-refractivity contribution in [1.82, 2.24) is 9.66 Å². The fraction of sp³-hybridized carbons (Fsp3) is 0. The highest BCUT2D eigenvalue weighted by atomic mass is 35.5. The van der Waals surface area contributed by atoms with Gasteiger partial charge in [-0.2, -0.15) is 9.78 Å². The summed E-state index contributed by atoms with van der Waals surface area (Å²) >= 11 is 5.88. The number of hydrogen-bond acceptors (Lipinski definition) is 6. The van der Waals surface area contributed by atoms with E-state index >= 15 is 0 Å². The topological polar surface area (TPSA) is 104 Å². The summed E-state index contributed by atoms with van der Waals surface area (Å²) in [7, 11) is 0. The average molecular weight is 445 g/mol. The van der Waals surface area contributed by atoms with Gasteiger partial charge < -0.3 is 4.42 Å². The minimum Gasteiger partial charge on any atom is -0.453 e. The Balaban J connectivity index is 1.71. The predicted octanol–water partition coefficient (Wildman–Crippen LogP) is 5.25. The molecule has 0 spiro atoms. The fourth-order valence-corrected chi connectivity index (χ4v) is 3.54. The van der Waals surface area contributed by atoms with Crippen molar-refractivity contribution in [3.05, 3.63) is 104 Å². The summed E-state index contributed by atoms with van der Waals surface area (Å²) < 4.78 is 7.04. The molecular weight excluding hydrogens is 432 g/mol. The van der Waals surface area contributed by atoms with Crippen LogP contribution in [0.3, 0.4) is 0 Å². The van der Waals surface area contributed by atoms with E-state index in [4.69, 9.17) is 16.0 Å². The van der Waals surface area contributed by atoms with Crippen LogP contribution >= 0.6 is 11.6 Å². The molecule has 0 aliphatic rings. The third kappa shape index (κ3) is 3.42. The Bertz CT molecular complexity index is 1570. The Morgan fingerprint density at radius 2 is 1.84 bits per heavy atom. The van der Waals surface area contributed by atoms with Crippen LogP contribution in [0.5, 0.6) is 0 Å². The smallest absolute Gasteiger partial charge is 0.288 e. The van der Waals surface area contributed by atoms with Crippen molar-refractivity contribution < 1.29 is 9.34 Å². The maximum Gasteiger partial charge on any atom is 0.288 e. The van der Waals surface area contributed by atoms with Crippen molar-refractivity contribution in [2.24, 2.45) is 5.10 Å². The first kappa shape index (κ1) is 19.7. The third-order valence-electron chi connectivity index (χ3n) is 4.89. The predicted molar refractivity (Wildman–Crippen MR) is 122 cm³/mol. The molecule has 0 N–H and O–H groups in total. The second-order valence-corrected chi connectivity index (χ2v) is 7.34. The number of hydrogen-bond donors (Lipinski definition) is 0. The molecule has 5 rings (SSSR count). The van der Waals surface area contributed by atoms with Crippen molar-refractivity contribution in [3.63, 3.8) is 0 Å². The summed E-state index contributed by atoms with van der Waals surface area (Å²) in [5.74, 6) is 0.581. The van der Waals surface area contributed by atoms with Crippen LogP contribution in [0, 0.1) is 10.1 Å². The fourth-order valence-electron chi connectivity index (χ4n) is 3.36. The number of furan rings is 1. The lowest BCUT2D eigenvalue weighted by Gasteiger charge is -2.07. The first-order valence-electron chi connectivity index (χ1n) is 9.50. The minimum absolute atomic E-state index is 0.0136. The zero-order chi connectivity index (χ0) is 22.2. The van der Waals surface area contributed by atoms with Crippen molar-refractivity contribution in [2.75, 3.05) is 0 Å². The first-order chi connectivity index (χ1) is 15.5. The molecule has 9 heteroatoms. The summed E-state index contributed by atoms with van der Waals surface area (Å²) in [6, 6.07) is 20.4. The lowest BCUT2D eigenvalue weighted by Crippen LogP contribution is -2.20. The number of aromatic nitrogens is 2. The molecule has 0 radical (unpaired) electrons. The Morgan fingerprint density at radius 1 is 1.06 bits per heavy atom. The number of benzene rings is 3. The van der Waals surface area contributed by atoms with Gasteiger partial charge in [0.15, 0.2) is 5.76 Å². The Kier molecular flexibility index (Phi) is 4.76. The van der Waals surface area contributed by atoms with E-state index in [9.17, 15) is 14.9 Å². The number of rotatable bonds is 4. The molecule has 0 aliphatic heterocycles. The van der Waals surface area contributed by atoms with Crippen LogP contribution in [0.4, 0.5) is 5.69 Å². The molecule has 0 saturated heterocycles. The number of nitro groups is 1. The highest BCUT2D eigenvalue weighted by Crippen LogP contribution is 2.27. The lowest BCUT2D eigenvalue weighted by molar-refractivity contribution is -0.384. The van der Waals surface area contributed by atoms with Gasteiger partial charge in [0.25, 0.3) is 11.2 Å². The van der Waals surface area contributed by atoms with Crippen molar-refractivity contribution in [2.45, 2.75) is 0 Å². The molecule has 0 unspecified atom stereocenters. The number of para-hydroxylation sites is 2. The number of nitrogens with zero attached hydrogens (tertiary/aromatic N) is 4. The molecule has 2 heterocycles. The van der Waals surface area contributed by atoms with E-state index in [-0.39, 0.29) is 16.5 Å². The van der Waals surface area contributed by atoms with Crippen LogP contribution in [0.25, 0.3) is 33.5 Å². The van der Waals surface area contributed by atoms with Crippen LogP contribution in [-0.2, 0) is 0 Å². The van der Waals surface area contributed by atoms with Gasteiger partial charge in [-0.1, -0.05) is 48.0 Å². The van der Waals surface area contributed by atoms with Gasteiger partial charge in [-0.3, -0.25) is 14.9 Å². The van der Waals surface area contributed by atoms with Crippen LogP contribution < -0.4 is 5.56 Å². The SMILES string of the molecule is O=c1c2ccccc2nc(-c2cc3ccccc3o2)n1N=Cc1ccc(Cl)c([N+](=O)[O-])c1. The van der Waals surface area contributed by atoms with E-state index in [0.717, 1.165) is 10.1 Å². The molecular formula is C23H13ClN4O4. The van der Waals surface area contributed by atoms with E-state index in [1.165, 1.54) is 18.3 Å². The molecule has 2 aromatic heterocycles. The molecule has 0 aliphatic carbocycles. The second kappa shape index (κ2) is 7.75. The molecule has 3 aromatic carbocycles. The average Bonchev–Trinajstić information content (AvgIpc) is 3.23. The van der Waals surface area contributed by atoms with Gasteiger partial charge >= 0.3 is 0 Å². The second-order valence-electron chi connectivity index (χ2n) is 6.93. The standard InChI is InChI=1S/C23H13ClN4O4/c24-17-10-9-14(11-19(17)28(30)31)13-25-27-22(21-12-15-5-1-4-8-20(15)32-21)26-18-7-3-2-6-16(18)23(27)29/h1-13H. The molecule has 8 nitrogen and oxygen atoms in total. The van der Waals surface area contributed by atoms with E-state index in [2.05, 4.69) is 10.1 Å². The number of fused-ring (bicyclic) bond motifs is 2. The maximum atomic E-state index is 13.2.